The van der Waals surface area contributed by atoms with Crippen molar-refractivity contribution in [3.63, 3.8) is 0 Å². The minimum absolute atomic E-state index is 0.0334. The highest BCUT2D eigenvalue weighted by Crippen LogP contribution is 2.22. The van der Waals surface area contributed by atoms with Gasteiger partial charge in [-0.15, -0.1) is 0 Å². The third kappa shape index (κ3) is 29.3. The van der Waals surface area contributed by atoms with E-state index in [1.165, 1.54) is 122 Å². The topological polar surface area (TPSA) is 66.8 Å². The second-order valence-electron chi connectivity index (χ2n) is 12.5. The Morgan fingerprint density at radius 1 is 0.643 bits per heavy atom. The molecule has 4 nitrogen and oxygen atoms in total. The summed E-state index contributed by atoms with van der Waals surface area (Å²) in [6.07, 6.45) is 36.2. The summed E-state index contributed by atoms with van der Waals surface area (Å²) in [4.78, 5) is 13.1. The Kier molecular flexibility index (Phi) is 32.5. The van der Waals surface area contributed by atoms with E-state index < -0.39 is 6.10 Å². The number of unbranched alkanes of at least 4 members (excludes halogenated alkanes) is 19. The van der Waals surface area contributed by atoms with Crippen LogP contribution in [0.15, 0.2) is 12.2 Å². The molecule has 0 rings (SSSR count). The molecule has 42 heavy (non-hydrogen) atoms. The Morgan fingerprint density at radius 3 is 1.62 bits per heavy atom. The Hall–Kier alpha value is -0.780. The first-order valence-electron chi connectivity index (χ1n) is 18.2. The lowest BCUT2D eigenvalue weighted by atomic mass is 9.88. The van der Waals surface area contributed by atoms with Gasteiger partial charge in [0.2, 0.25) is 0 Å². The Balaban J connectivity index is 4.15. The van der Waals surface area contributed by atoms with E-state index in [-0.39, 0.29) is 19.1 Å². The second-order valence-corrected chi connectivity index (χ2v) is 13.0. The molecule has 0 fully saturated rings. The molecule has 0 radical (unpaired) electrons. The summed E-state index contributed by atoms with van der Waals surface area (Å²) in [6.45, 7) is 4.24. The minimum Gasteiger partial charge on any atom is -0.484 e. The van der Waals surface area contributed by atoms with Gasteiger partial charge in [-0.25, -0.2) is 0 Å². The molecule has 0 aliphatic rings. The van der Waals surface area contributed by atoms with E-state index in [1.807, 2.05) is 0 Å². The lowest BCUT2D eigenvalue weighted by Gasteiger charge is -2.17. The number of ether oxygens (including phenoxy) is 1. The molecule has 0 spiro atoms. The van der Waals surface area contributed by atoms with Crippen LogP contribution in [0.5, 0.6) is 0 Å². The monoisotopic (exact) mass is 610 g/mol. The molecule has 0 aromatic rings. The van der Waals surface area contributed by atoms with Gasteiger partial charge in [-0.1, -0.05) is 135 Å². The molecule has 0 saturated carbocycles. The maximum atomic E-state index is 13.1. The molecule has 2 atom stereocenters. The first-order valence-corrected chi connectivity index (χ1v) is 18.6. The third-order valence-electron chi connectivity index (χ3n) is 8.38. The molecule has 248 valence electrons. The highest BCUT2D eigenvalue weighted by atomic mass is 32.1. The molecule has 0 bridgehead atoms. The number of hydrogen-bond acceptors (Lipinski definition) is 5. The maximum Gasteiger partial charge on any atom is 0.159 e. The highest BCUT2D eigenvalue weighted by Gasteiger charge is 2.18. The van der Waals surface area contributed by atoms with Crippen molar-refractivity contribution in [2.24, 2.45) is 5.92 Å². The van der Waals surface area contributed by atoms with Gasteiger partial charge in [-0.2, -0.15) is 0 Å². The van der Waals surface area contributed by atoms with Crippen LogP contribution >= 0.6 is 12.2 Å². The van der Waals surface area contributed by atoms with Crippen LogP contribution in [0.3, 0.4) is 0 Å². The number of thiocarbonyl (C=S) groups is 1. The van der Waals surface area contributed by atoms with Crippen LogP contribution in [0.25, 0.3) is 0 Å². The van der Waals surface area contributed by atoms with Crippen molar-refractivity contribution < 1.29 is 19.7 Å². The summed E-state index contributed by atoms with van der Waals surface area (Å²) in [6, 6.07) is 0. The summed E-state index contributed by atoms with van der Waals surface area (Å²) in [5.74, 6) is 0.576. The standard InChI is InChI=1S/C37H70O4S/c1-3-5-7-9-11-13-14-15-16-17-18-20-22-24-26-30-36(40)34(28-25-23-21-19-12-10-8-6-4-2)29-27-31-37(42)41-33-35(39)32-38/h15-16,34-35,38-39H,3-14,17-33H2,1-2H3. The van der Waals surface area contributed by atoms with Crippen LogP contribution in [-0.2, 0) is 9.53 Å². The highest BCUT2D eigenvalue weighted by molar-refractivity contribution is 7.80. The van der Waals surface area contributed by atoms with Crippen molar-refractivity contribution in [2.75, 3.05) is 13.2 Å². The molecule has 0 saturated heterocycles. The Morgan fingerprint density at radius 2 is 1.10 bits per heavy atom. The zero-order valence-electron chi connectivity index (χ0n) is 27.9. The zero-order chi connectivity index (χ0) is 30.9. The zero-order valence-corrected chi connectivity index (χ0v) is 28.8. The molecule has 2 unspecified atom stereocenters. The van der Waals surface area contributed by atoms with Crippen LogP contribution in [0.2, 0.25) is 0 Å². The van der Waals surface area contributed by atoms with E-state index in [4.69, 9.17) is 22.1 Å². The average molecular weight is 611 g/mol. The summed E-state index contributed by atoms with van der Waals surface area (Å²) in [5.41, 5.74) is 0. The van der Waals surface area contributed by atoms with Gasteiger partial charge in [-0.3, -0.25) is 4.79 Å². The number of Topliss-reactive ketones (excluding diaryl/α,β-unsaturated/α-hetero) is 1. The number of carbonyl (C=O) groups excluding carboxylic acids is 1. The summed E-state index contributed by atoms with van der Waals surface area (Å²) in [5, 5.41) is 18.9. The summed E-state index contributed by atoms with van der Waals surface area (Å²) < 4.78 is 5.39. The van der Waals surface area contributed by atoms with E-state index in [0.717, 1.165) is 38.5 Å². The van der Waals surface area contributed by atoms with Crippen molar-refractivity contribution in [3.8, 4) is 0 Å². The normalized spacial score (nSPS) is 13.0. The van der Waals surface area contributed by atoms with Crippen molar-refractivity contribution in [2.45, 2.75) is 193 Å². The summed E-state index contributed by atoms with van der Waals surface area (Å²) >= 11 is 5.28. The number of aliphatic hydroxyl groups excluding tert-OH is 2. The van der Waals surface area contributed by atoms with Crippen LogP contribution < -0.4 is 0 Å². The largest absolute Gasteiger partial charge is 0.484 e. The van der Waals surface area contributed by atoms with E-state index in [0.29, 0.717) is 23.7 Å². The van der Waals surface area contributed by atoms with Gasteiger partial charge < -0.3 is 14.9 Å². The predicted octanol–water partition coefficient (Wildman–Crippen LogP) is 11.0. The quantitative estimate of drug-likeness (QED) is 0.0439. The van der Waals surface area contributed by atoms with Crippen molar-refractivity contribution in [1.82, 2.24) is 0 Å². The summed E-state index contributed by atoms with van der Waals surface area (Å²) in [7, 11) is 0. The second kappa shape index (κ2) is 33.1. The first kappa shape index (κ1) is 41.2. The van der Waals surface area contributed by atoms with Gasteiger partial charge in [-0.05, 0) is 63.6 Å². The molecule has 0 heterocycles. The van der Waals surface area contributed by atoms with Crippen molar-refractivity contribution in [1.29, 1.82) is 0 Å². The van der Waals surface area contributed by atoms with Gasteiger partial charge in [0.1, 0.15) is 18.5 Å². The molecule has 0 aromatic heterocycles. The van der Waals surface area contributed by atoms with Crippen LogP contribution in [0.4, 0.5) is 0 Å². The average Bonchev–Trinajstić information content (AvgIpc) is 2.99. The molecule has 0 aromatic carbocycles. The van der Waals surface area contributed by atoms with Gasteiger partial charge in [0.25, 0.3) is 0 Å². The smallest absolute Gasteiger partial charge is 0.159 e. The Labute approximate surface area is 266 Å². The SMILES string of the molecule is CCCCCCCCC=CCCCCCCCC(=O)C(CCCCCCCCCCC)CCCC(=S)OCC(O)CO. The number of rotatable bonds is 33. The molecule has 5 heteroatoms. The van der Waals surface area contributed by atoms with Gasteiger partial charge in [0.05, 0.1) is 6.61 Å². The van der Waals surface area contributed by atoms with Gasteiger partial charge in [0.15, 0.2) is 5.05 Å². The number of allylic oxidation sites excluding steroid dienone is 2. The lowest BCUT2D eigenvalue weighted by Crippen LogP contribution is -2.21. The van der Waals surface area contributed by atoms with Crippen molar-refractivity contribution >= 4 is 23.1 Å². The molecule has 2 N–H and O–H groups in total. The van der Waals surface area contributed by atoms with E-state index in [2.05, 4.69) is 26.0 Å². The molecular formula is C37H70O4S. The van der Waals surface area contributed by atoms with E-state index in [1.54, 1.807) is 0 Å². The molecule has 0 amide bonds. The van der Waals surface area contributed by atoms with Crippen LogP contribution in [0, 0.1) is 5.92 Å². The number of aliphatic hydroxyl groups is 2. The number of ketones is 1. The Bertz CT molecular complexity index is 621. The fourth-order valence-corrected chi connectivity index (χ4v) is 5.76. The fourth-order valence-electron chi connectivity index (χ4n) is 5.55. The maximum absolute atomic E-state index is 13.1. The first-order chi connectivity index (χ1) is 20.5. The molecule has 0 aliphatic heterocycles. The van der Waals surface area contributed by atoms with E-state index in [9.17, 15) is 9.90 Å². The molecular weight excluding hydrogens is 540 g/mol. The predicted molar refractivity (Wildman–Crippen MR) is 185 cm³/mol. The van der Waals surface area contributed by atoms with Gasteiger partial charge >= 0.3 is 0 Å². The van der Waals surface area contributed by atoms with Crippen LogP contribution in [-0.4, -0.2) is 40.4 Å². The lowest BCUT2D eigenvalue weighted by molar-refractivity contribution is -0.123. The number of hydrogen-bond donors (Lipinski definition) is 2. The number of carbonyl (C=O) groups is 1. The van der Waals surface area contributed by atoms with Crippen molar-refractivity contribution in [3.05, 3.63) is 12.2 Å². The van der Waals surface area contributed by atoms with Gasteiger partial charge in [0, 0.05) is 18.8 Å². The minimum atomic E-state index is -0.893. The third-order valence-corrected chi connectivity index (χ3v) is 8.70. The molecule has 0 aliphatic carbocycles. The fraction of sp³-hybridized carbons (Fsp3) is 0.892. The van der Waals surface area contributed by atoms with Crippen LogP contribution in [0.1, 0.15) is 187 Å². The van der Waals surface area contributed by atoms with E-state index >= 15 is 0 Å².